The van der Waals surface area contributed by atoms with Crippen molar-refractivity contribution in [3.05, 3.63) is 119 Å². The summed E-state index contributed by atoms with van der Waals surface area (Å²) < 4.78 is 5.55. The SMILES string of the molecule is CSCCC(NC(=O)c1ccc(CNC/C(=C\c2ccco2)c2ccccc2)cc1-c1ccccc1C)C(=O)O. The molecule has 0 spiro atoms. The van der Waals surface area contributed by atoms with Gasteiger partial charge >= 0.3 is 5.97 Å². The van der Waals surface area contributed by atoms with Gasteiger partial charge in [0.25, 0.3) is 5.91 Å². The molecular weight excluding hydrogens is 520 g/mol. The Morgan fingerprint density at radius 1 is 0.975 bits per heavy atom. The molecule has 0 fully saturated rings. The number of hydrogen-bond donors (Lipinski definition) is 3. The second-order valence-electron chi connectivity index (χ2n) is 9.50. The summed E-state index contributed by atoms with van der Waals surface area (Å²) in [6, 6.07) is 26.6. The van der Waals surface area contributed by atoms with Gasteiger partial charge in [-0.3, -0.25) is 4.79 Å². The van der Waals surface area contributed by atoms with Gasteiger partial charge in [0.15, 0.2) is 0 Å². The number of nitrogens with one attached hydrogen (secondary N) is 2. The molecule has 1 unspecified atom stereocenters. The summed E-state index contributed by atoms with van der Waals surface area (Å²) in [5, 5.41) is 15.9. The number of benzene rings is 3. The fourth-order valence-corrected chi connectivity index (χ4v) is 4.97. The van der Waals surface area contributed by atoms with Crippen LogP contribution in [0.2, 0.25) is 0 Å². The molecule has 6 nitrogen and oxygen atoms in total. The summed E-state index contributed by atoms with van der Waals surface area (Å²) in [5.74, 6) is 0.0119. The van der Waals surface area contributed by atoms with Crippen LogP contribution >= 0.6 is 11.8 Å². The van der Waals surface area contributed by atoms with Crippen molar-refractivity contribution in [2.45, 2.75) is 25.9 Å². The Kier molecular flexibility index (Phi) is 10.4. The zero-order valence-corrected chi connectivity index (χ0v) is 23.5. The van der Waals surface area contributed by atoms with E-state index in [0.717, 1.165) is 39.2 Å². The third-order valence-electron chi connectivity index (χ3n) is 6.63. The minimum atomic E-state index is -1.03. The van der Waals surface area contributed by atoms with Crippen molar-refractivity contribution < 1.29 is 19.1 Å². The van der Waals surface area contributed by atoms with Gasteiger partial charge in [-0.05, 0) is 89.1 Å². The Labute approximate surface area is 239 Å². The Hall–Kier alpha value is -4.07. The van der Waals surface area contributed by atoms with Crippen molar-refractivity contribution in [2.24, 2.45) is 0 Å². The first kappa shape index (κ1) is 28.9. The lowest BCUT2D eigenvalue weighted by Gasteiger charge is -2.18. The number of rotatable bonds is 13. The van der Waals surface area contributed by atoms with Crippen molar-refractivity contribution in [3.8, 4) is 11.1 Å². The standard InChI is InChI=1S/C33H34N2O4S/c1-23-9-6-7-13-28(23)30-19-24(14-15-29(30)32(36)35-31(33(37)38)16-18-40-2)21-34-22-26(20-27-12-8-17-39-27)25-10-4-3-5-11-25/h3-15,17,19-20,31,34H,16,18,21-22H2,1-2H3,(H,35,36)(H,37,38)/b26-20+. The van der Waals surface area contributed by atoms with Crippen LogP contribution in [-0.2, 0) is 11.3 Å². The number of carbonyl (C=O) groups is 2. The second-order valence-corrected chi connectivity index (χ2v) is 10.5. The third-order valence-corrected chi connectivity index (χ3v) is 7.27. The van der Waals surface area contributed by atoms with Crippen LogP contribution in [0.25, 0.3) is 22.8 Å². The van der Waals surface area contributed by atoms with Gasteiger partial charge in [0, 0.05) is 18.7 Å². The lowest BCUT2D eigenvalue weighted by atomic mass is 9.93. The average molecular weight is 555 g/mol. The highest BCUT2D eigenvalue weighted by Gasteiger charge is 2.22. The quantitative estimate of drug-likeness (QED) is 0.174. The van der Waals surface area contributed by atoms with Crippen LogP contribution in [-0.4, -0.2) is 41.6 Å². The maximum absolute atomic E-state index is 13.3. The number of aryl methyl sites for hydroxylation is 1. The van der Waals surface area contributed by atoms with Crippen molar-refractivity contribution in [1.82, 2.24) is 10.6 Å². The van der Waals surface area contributed by atoms with Crippen LogP contribution in [0, 0.1) is 6.92 Å². The van der Waals surface area contributed by atoms with Crippen LogP contribution in [0.15, 0.2) is 95.6 Å². The van der Waals surface area contributed by atoms with Crippen molar-refractivity contribution >= 4 is 35.3 Å². The second kappa shape index (κ2) is 14.4. The Morgan fingerprint density at radius 3 is 2.45 bits per heavy atom. The molecule has 0 saturated carbocycles. The van der Waals surface area contributed by atoms with Gasteiger partial charge in [0.2, 0.25) is 0 Å². The molecule has 0 radical (unpaired) electrons. The maximum atomic E-state index is 13.3. The molecule has 0 saturated heterocycles. The van der Waals surface area contributed by atoms with E-state index in [0.29, 0.717) is 30.8 Å². The van der Waals surface area contributed by atoms with Crippen LogP contribution in [0.5, 0.6) is 0 Å². The van der Waals surface area contributed by atoms with Gasteiger partial charge in [0.05, 0.1) is 6.26 Å². The first-order valence-electron chi connectivity index (χ1n) is 13.2. The topological polar surface area (TPSA) is 91.6 Å². The number of carbonyl (C=O) groups excluding carboxylic acids is 1. The maximum Gasteiger partial charge on any atom is 0.326 e. The molecule has 1 heterocycles. The lowest BCUT2D eigenvalue weighted by Crippen LogP contribution is -2.41. The normalized spacial score (nSPS) is 12.2. The first-order valence-corrected chi connectivity index (χ1v) is 14.6. The number of amides is 1. The van der Waals surface area contributed by atoms with Gasteiger partial charge in [-0.15, -0.1) is 0 Å². The molecular formula is C33H34N2O4S. The van der Waals surface area contributed by atoms with E-state index in [-0.39, 0.29) is 5.91 Å². The number of aliphatic carboxylic acids is 1. The van der Waals surface area contributed by atoms with Gasteiger partial charge in [-0.2, -0.15) is 11.8 Å². The minimum Gasteiger partial charge on any atom is -0.480 e. The molecule has 0 aliphatic rings. The molecule has 0 bridgehead atoms. The van der Waals surface area contributed by atoms with Crippen LogP contribution in [0.3, 0.4) is 0 Å². The Balaban J connectivity index is 1.57. The van der Waals surface area contributed by atoms with Crippen LogP contribution < -0.4 is 10.6 Å². The van der Waals surface area contributed by atoms with E-state index in [1.807, 2.05) is 86.0 Å². The Morgan fingerprint density at radius 2 is 1.75 bits per heavy atom. The lowest BCUT2D eigenvalue weighted by molar-refractivity contribution is -0.139. The highest BCUT2D eigenvalue weighted by Crippen LogP contribution is 2.28. The van der Waals surface area contributed by atoms with E-state index in [2.05, 4.69) is 22.8 Å². The summed E-state index contributed by atoms with van der Waals surface area (Å²) in [4.78, 5) is 25.1. The molecule has 1 atom stereocenters. The van der Waals surface area contributed by atoms with E-state index >= 15 is 0 Å². The summed E-state index contributed by atoms with van der Waals surface area (Å²) in [7, 11) is 0. The van der Waals surface area contributed by atoms with E-state index in [9.17, 15) is 14.7 Å². The smallest absolute Gasteiger partial charge is 0.326 e. The van der Waals surface area contributed by atoms with Crippen LogP contribution in [0.4, 0.5) is 0 Å². The minimum absolute atomic E-state index is 0.360. The predicted octanol–water partition coefficient (Wildman–Crippen LogP) is 6.52. The molecule has 4 rings (SSSR count). The van der Waals surface area contributed by atoms with Gasteiger partial charge in [0.1, 0.15) is 11.8 Å². The summed E-state index contributed by atoms with van der Waals surface area (Å²) in [6.45, 7) is 3.20. The molecule has 4 aromatic rings. The zero-order valence-electron chi connectivity index (χ0n) is 22.7. The third kappa shape index (κ3) is 7.74. The number of carboxylic acids is 1. The fourth-order valence-electron chi connectivity index (χ4n) is 4.50. The highest BCUT2D eigenvalue weighted by atomic mass is 32.2. The van der Waals surface area contributed by atoms with Crippen molar-refractivity contribution in [3.63, 3.8) is 0 Å². The number of furan rings is 1. The first-order chi connectivity index (χ1) is 19.5. The predicted molar refractivity (Wildman–Crippen MR) is 163 cm³/mol. The zero-order chi connectivity index (χ0) is 28.3. The monoisotopic (exact) mass is 554 g/mol. The molecule has 206 valence electrons. The van der Waals surface area contributed by atoms with Crippen LogP contribution in [0.1, 0.15) is 39.2 Å². The van der Waals surface area contributed by atoms with Gasteiger partial charge in [-0.1, -0.05) is 60.7 Å². The van der Waals surface area contributed by atoms with Crippen molar-refractivity contribution in [1.29, 1.82) is 0 Å². The van der Waals surface area contributed by atoms with E-state index < -0.39 is 12.0 Å². The van der Waals surface area contributed by atoms with E-state index in [1.165, 1.54) is 0 Å². The van der Waals surface area contributed by atoms with E-state index in [4.69, 9.17) is 4.42 Å². The molecule has 3 N–H and O–H groups in total. The Bertz CT molecular complexity index is 1450. The molecule has 1 aromatic heterocycles. The fraction of sp³-hybridized carbons (Fsp3) is 0.212. The molecule has 0 aliphatic carbocycles. The van der Waals surface area contributed by atoms with Gasteiger partial charge in [-0.25, -0.2) is 4.79 Å². The summed E-state index contributed by atoms with van der Waals surface area (Å²) in [5.41, 5.74) is 6.41. The number of carboxylic acid groups (broad SMARTS) is 1. The average Bonchev–Trinajstić information content (AvgIpc) is 3.48. The van der Waals surface area contributed by atoms with Crippen molar-refractivity contribution in [2.75, 3.05) is 18.6 Å². The largest absolute Gasteiger partial charge is 0.480 e. The highest BCUT2D eigenvalue weighted by molar-refractivity contribution is 7.98. The number of hydrogen-bond acceptors (Lipinski definition) is 5. The molecule has 7 heteroatoms. The van der Waals surface area contributed by atoms with Gasteiger partial charge < -0.3 is 20.2 Å². The molecule has 40 heavy (non-hydrogen) atoms. The van der Waals surface area contributed by atoms with E-state index in [1.54, 1.807) is 24.1 Å². The summed E-state index contributed by atoms with van der Waals surface area (Å²) in [6.07, 6.45) is 5.97. The summed E-state index contributed by atoms with van der Waals surface area (Å²) >= 11 is 1.55. The molecule has 0 aliphatic heterocycles. The number of thioether (sulfide) groups is 1. The molecule has 1 amide bonds. The molecule has 3 aromatic carbocycles.